The van der Waals surface area contributed by atoms with E-state index in [9.17, 15) is 9.18 Å². The van der Waals surface area contributed by atoms with E-state index >= 15 is 0 Å². The van der Waals surface area contributed by atoms with Gasteiger partial charge in [0, 0.05) is 26.1 Å². The van der Waals surface area contributed by atoms with Gasteiger partial charge in [0.2, 0.25) is 0 Å². The maximum Gasteiger partial charge on any atom is 0.124 e. The fraction of sp³-hybridized carbons (Fsp3) is 0.462. The topological polar surface area (TPSA) is 20.3 Å². The van der Waals surface area contributed by atoms with Gasteiger partial charge in [0.15, 0.2) is 0 Å². The molecule has 0 bridgehead atoms. The average Bonchev–Trinajstić information content (AvgIpc) is 2.67. The van der Waals surface area contributed by atoms with Crippen molar-refractivity contribution in [1.82, 2.24) is 4.90 Å². The highest BCUT2D eigenvalue weighted by Gasteiger charge is 2.21. The summed E-state index contributed by atoms with van der Waals surface area (Å²) in [5.41, 5.74) is 2.22. The zero-order valence-electron chi connectivity index (χ0n) is 9.23. The van der Waals surface area contributed by atoms with Crippen molar-refractivity contribution in [2.75, 3.05) is 13.1 Å². The summed E-state index contributed by atoms with van der Waals surface area (Å²) in [5, 5.41) is 0. The molecule has 1 atom stereocenters. The van der Waals surface area contributed by atoms with Gasteiger partial charge in [-0.05, 0) is 17.5 Å². The Labute approximate surface area is 95.1 Å². The summed E-state index contributed by atoms with van der Waals surface area (Å²) in [6.07, 6.45) is 1.37. The molecule has 1 fully saturated rings. The summed E-state index contributed by atoms with van der Waals surface area (Å²) in [6.45, 7) is 2.20. The Morgan fingerprint density at radius 1 is 1.31 bits per heavy atom. The maximum atomic E-state index is 13.0. The minimum Gasteiger partial charge on any atom is -0.303 e. The van der Waals surface area contributed by atoms with Crippen LogP contribution in [0.5, 0.6) is 0 Å². The van der Waals surface area contributed by atoms with Crippen molar-refractivity contribution in [2.45, 2.75) is 25.6 Å². The van der Waals surface area contributed by atoms with Crippen LogP contribution in [-0.2, 0) is 17.8 Å². The first-order chi connectivity index (χ1) is 7.78. The van der Waals surface area contributed by atoms with Crippen molar-refractivity contribution in [3.63, 3.8) is 0 Å². The van der Waals surface area contributed by atoms with E-state index in [1.54, 1.807) is 0 Å². The monoisotopic (exact) mass is 221 g/mol. The van der Waals surface area contributed by atoms with Crippen LogP contribution in [0.2, 0.25) is 0 Å². The zero-order valence-corrected chi connectivity index (χ0v) is 9.23. The second-order valence-electron chi connectivity index (χ2n) is 4.31. The molecular weight excluding hydrogens is 205 g/mol. The summed E-state index contributed by atoms with van der Waals surface area (Å²) in [4.78, 5) is 12.4. The van der Waals surface area contributed by atoms with Crippen molar-refractivity contribution in [2.24, 2.45) is 0 Å². The average molecular weight is 221 g/mol. The second kappa shape index (κ2) is 5.21. The van der Waals surface area contributed by atoms with Crippen LogP contribution in [0.1, 0.15) is 17.5 Å². The molecule has 1 saturated heterocycles. The molecule has 0 aliphatic carbocycles. The minimum atomic E-state index is -0.658. The van der Waals surface area contributed by atoms with E-state index in [1.165, 1.54) is 5.56 Å². The number of hydrogen-bond acceptors (Lipinski definition) is 2. The van der Waals surface area contributed by atoms with Crippen molar-refractivity contribution in [3.8, 4) is 0 Å². The predicted molar refractivity (Wildman–Crippen MR) is 61.0 cm³/mol. The molecule has 0 N–H and O–H groups in total. The zero-order chi connectivity index (χ0) is 11.4. The van der Waals surface area contributed by atoms with Crippen LogP contribution in [0.3, 0.4) is 0 Å². The standard InChI is InChI=1S/C13H16FNO/c14-13-5-7-15(10-13)9-12-3-1-11(2-4-12)6-8-16/h1-4,8,13H,5-7,9-10H2. The first-order valence-electron chi connectivity index (χ1n) is 5.66. The number of nitrogens with zero attached hydrogens (tertiary/aromatic N) is 1. The smallest absolute Gasteiger partial charge is 0.124 e. The quantitative estimate of drug-likeness (QED) is 0.724. The van der Waals surface area contributed by atoms with Crippen molar-refractivity contribution < 1.29 is 9.18 Å². The van der Waals surface area contributed by atoms with Crippen LogP contribution in [0.4, 0.5) is 4.39 Å². The molecule has 1 heterocycles. The third-order valence-corrected chi connectivity index (χ3v) is 2.96. The largest absolute Gasteiger partial charge is 0.303 e. The molecule has 2 rings (SSSR count). The van der Waals surface area contributed by atoms with Gasteiger partial charge in [0.1, 0.15) is 12.5 Å². The summed E-state index contributed by atoms with van der Waals surface area (Å²) < 4.78 is 13.0. The molecule has 2 nitrogen and oxygen atoms in total. The second-order valence-corrected chi connectivity index (χ2v) is 4.31. The lowest BCUT2D eigenvalue weighted by Gasteiger charge is -2.14. The lowest BCUT2D eigenvalue weighted by atomic mass is 10.1. The normalized spacial score (nSPS) is 21.2. The fourth-order valence-corrected chi connectivity index (χ4v) is 2.06. The van der Waals surface area contributed by atoms with Gasteiger partial charge in [0.05, 0.1) is 0 Å². The number of hydrogen-bond donors (Lipinski definition) is 0. The highest BCUT2D eigenvalue weighted by atomic mass is 19.1. The third-order valence-electron chi connectivity index (χ3n) is 2.96. The van der Waals surface area contributed by atoms with Gasteiger partial charge >= 0.3 is 0 Å². The van der Waals surface area contributed by atoms with Gasteiger partial charge in [-0.15, -0.1) is 0 Å². The molecule has 0 aromatic heterocycles. The van der Waals surface area contributed by atoms with E-state index in [-0.39, 0.29) is 0 Å². The number of rotatable bonds is 4. The fourth-order valence-electron chi connectivity index (χ4n) is 2.06. The molecule has 0 saturated carbocycles. The van der Waals surface area contributed by atoms with Gasteiger partial charge in [-0.2, -0.15) is 0 Å². The van der Waals surface area contributed by atoms with Gasteiger partial charge in [0.25, 0.3) is 0 Å². The first kappa shape index (κ1) is 11.3. The molecule has 0 spiro atoms. The summed E-state index contributed by atoms with van der Waals surface area (Å²) in [6, 6.07) is 7.97. The SMILES string of the molecule is O=CCc1ccc(CN2CCC(F)C2)cc1. The Morgan fingerprint density at radius 3 is 2.56 bits per heavy atom. The minimum absolute atomic E-state index is 0.469. The molecule has 1 aliphatic heterocycles. The molecule has 16 heavy (non-hydrogen) atoms. The Hall–Kier alpha value is -1.22. The molecule has 1 unspecified atom stereocenters. The number of carbonyl (C=O) groups excluding carboxylic acids is 1. The lowest BCUT2D eigenvalue weighted by molar-refractivity contribution is -0.107. The molecule has 3 heteroatoms. The van der Waals surface area contributed by atoms with E-state index in [0.29, 0.717) is 19.4 Å². The molecule has 86 valence electrons. The van der Waals surface area contributed by atoms with Gasteiger partial charge in [-0.25, -0.2) is 4.39 Å². The summed E-state index contributed by atoms with van der Waals surface area (Å²) in [7, 11) is 0. The molecule has 1 aliphatic rings. The van der Waals surface area contributed by atoms with Crippen LogP contribution in [-0.4, -0.2) is 30.4 Å². The molecular formula is C13H16FNO. The Kier molecular flexibility index (Phi) is 3.67. The van der Waals surface area contributed by atoms with E-state index in [2.05, 4.69) is 4.90 Å². The molecule has 1 aromatic carbocycles. The number of benzene rings is 1. The highest BCUT2D eigenvalue weighted by Crippen LogP contribution is 2.16. The Bertz CT molecular complexity index is 349. The molecule has 0 radical (unpaired) electrons. The van der Waals surface area contributed by atoms with E-state index in [4.69, 9.17) is 0 Å². The first-order valence-corrected chi connectivity index (χ1v) is 5.66. The van der Waals surface area contributed by atoms with Crippen LogP contribution in [0, 0.1) is 0 Å². The number of likely N-dealkylation sites (tertiary alicyclic amines) is 1. The maximum absolute atomic E-state index is 13.0. The summed E-state index contributed by atoms with van der Waals surface area (Å²) >= 11 is 0. The van der Waals surface area contributed by atoms with Gasteiger partial charge in [-0.3, -0.25) is 4.90 Å². The molecule has 1 aromatic rings. The van der Waals surface area contributed by atoms with Crippen LogP contribution < -0.4 is 0 Å². The Morgan fingerprint density at radius 2 is 2.00 bits per heavy atom. The van der Waals surface area contributed by atoms with Crippen LogP contribution >= 0.6 is 0 Å². The lowest BCUT2D eigenvalue weighted by Crippen LogP contribution is -2.20. The highest BCUT2D eigenvalue weighted by molar-refractivity contribution is 5.54. The summed E-state index contributed by atoms with van der Waals surface area (Å²) in [5.74, 6) is 0. The van der Waals surface area contributed by atoms with Crippen molar-refractivity contribution >= 4 is 6.29 Å². The number of aldehydes is 1. The van der Waals surface area contributed by atoms with Gasteiger partial charge in [-0.1, -0.05) is 24.3 Å². The number of carbonyl (C=O) groups is 1. The van der Waals surface area contributed by atoms with Crippen molar-refractivity contribution in [1.29, 1.82) is 0 Å². The number of halogens is 1. The third kappa shape index (κ3) is 2.89. The number of alkyl halides is 1. The van der Waals surface area contributed by atoms with E-state index in [0.717, 1.165) is 24.9 Å². The van der Waals surface area contributed by atoms with E-state index in [1.807, 2.05) is 24.3 Å². The van der Waals surface area contributed by atoms with Crippen LogP contribution in [0.15, 0.2) is 24.3 Å². The Balaban J connectivity index is 1.92. The molecule has 0 amide bonds. The van der Waals surface area contributed by atoms with E-state index < -0.39 is 6.17 Å². The van der Waals surface area contributed by atoms with Crippen LogP contribution in [0.25, 0.3) is 0 Å². The predicted octanol–water partition coefficient (Wildman–Crippen LogP) is 1.97. The van der Waals surface area contributed by atoms with Crippen molar-refractivity contribution in [3.05, 3.63) is 35.4 Å². The van der Waals surface area contributed by atoms with Gasteiger partial charge < -0.3 is 4.79 Å².